The molecule has 0 unspecified atom stereocenters. The Morgan fingerprint density at radius 3 is 2.71 bits per heavy atom. The third kappa shape index (κ3) is 5.19. The molecule has 6 heteroatoms. The lowest BCUT2D eigenvalue weighted by molar-refractivity contribution is 0.122. The minimum absolute atomic E-state index is 0.0133. The van der Waals surface area contributed by atoms with Crippen molar-refractivity contribution >= 4 is 17.6 Å². The van der Waals surface area contributed by atoms with Gasteiger partial charge < -0.3 is 15.3 Å². The molecule has 1 aliphatic rings. The first kappa shape index (κ1) is 16.1. The molecule has 116 valence electrons. The third-order valence-corrected chi connectivity index (χ3v) is 3.89. The molecule has 2 N–H and O–H groups in total. The van der Waals surface area contributed by atoms with Crippen molar-refractivity contribution in [1.82, 2.24) is 15.1 Å². The van der Waals surface area contributed by atoms with Crippen LogP contribution in [0.15, 0.2) is 24.3 Å². The lowest BCUT2D eigenvalue weighted by atomic mass is 10.1. The summed E-state index contributed by atoms with van der Waals surface area (Å²) in [7, 11) is 0. The molecule has 0 spiro atoms. The largest absolute Gasteiger partial charge is 0.395 e. The van der Waals surface area contributed by atoms with Gasteiger partial charge in [-0.25, -0.2) is 4.79 Å². The van der Waals surface area contributed by atoms with E-state index >= 15 is 0 Å². The quantitative estimate of drug-likeness (QED) is 0.859. The van der Waals surface area contributed by atoms with E-state index in [0.29, 0.717) is 26.2 Å². The highest BCUT2D eigenvalue weighted by Crippen LogP contribution is 2.10. The third-order valence-electron chi connectivity index (χ3n) is 3.65. The highest BCUT2D eigenvalue weighted by atomic mass is 35.5. The van der Waals surface area contributed by atoms with Crippen molar-refractivity contribution in [3.8, 4) is 0 Å². The number of amides is 2. The average molecular weight is 312 g/mol. The molecule has 1 saturated heterocycles. The molecule has 0 atom stereocenters. The number of carbonyl (C=O) groups is 1. The second-order valence-electron chi connectivity index (χ2n) is 5.16. The Balaban J connectivity index is 1.68. The van der Waals surface area contributed by atoms with E-state index in [0.717, 1.165) is 30.1 Å². The molecule has 2 rings (SSSR count). The van der Waals surface area contributed by atoms with Crippen LogP contribution in [0.25, 0.3) is 0 Å². The van der Waals surface area contributed by atoms with Gasteiger partial charge in [0, 0.05) is 44.3 Å². The van der Waals surface area contributed by atoms with Crippen LogP contribution in [0.1, 0.15) is 5.56 Å². The van der Waals surface area contributed by atoms with E-state index in [1.165, 1.54) is 0 Å². The van der Waals surface area contributed by atoms with Gasteiger partial charge in [0.25, 0.3) is 0 Å². The Kier molecular flexibility index (Phi) is 6.29. The van der Waals surface area contributed by atoms with Crippen molar-refractivity contribution < 1.29 is 9.90 Å². The minimum Gasteiger partial charge on any atom is -0.395 e. The fourth-order valence-electron chi connectivity index (χ4n) is 2.43. The van der Waals surface area contributed by atoms with Crippen molar-refractivity contribution in [3.05, 3.63) is 34.9 Å². The molecule has 21 heavy (non-hydrogen) atoms. The Bertz CT molecular complexity index is 462. The van der Waals surface area contributed by atoms with Crippen molar-refractivity contribution in [2.75, 3.05) is 45.9 Å². The standard InChI is InChI=1S/C15H22ClN3O2/c16-14-3-1-2-13(12-14)4-5-17-15(21)19-8-6-18(7-9-19)10-11-20/h1-3,12,20H,4-11H2,(H,17,21). The van der Waals surface area contributed by atoms with E-state index in [2.05, 4.69) is 10.2 Å². The van der Waals surface area contributed by atoms with Crippen LogP contribution in [-0.2, 0) is 6.42 Å². The van der Waals surface area contributed by atoms with E-state index in [-0.39, 0.29) is 12.6 Å². The van der Waals surface area contributed by atoms with Gasteiger partial charge in [0.1, 0.15) is 0 Å². The van der Waals surface area contributed by atoms with Crippen molar-refractivity contribution in [2.45, 2.75) is 6.42 Å². The van der Waals surface area contributed by atoms with Crippen LogP contribution in [0.5, 0.6) is 0 Å². The number of nitrogens with one attached hydrogen (secondary N) is 1. The number of aliphatic hydroxyl groups is 1. The summed E-state index contributed by atoms with van der Waals surface area (Å²) in [6.07, 6.45) is 0.775. The summed E-state index contributed by atoms with van der Waals surface area (Å²) in [5, 5.41) is 12.6. The molecular weight excluding hydrogens is 290 g/mol. The molecule has 1 fully saturated rings. The SMILES string of the molecule is O=C(NCCc1cccc(Cl)c1)N1CCN(CCO)CC1. The second-order valence-corrected chi connectivity index (χ2v) is 5.60. The molecule has 1 heterocycles. The molecule has 1 aliphatic heterocycles. The first-order valence-electron chi connectivity index (χ1n) is 7.29. The number of piperazine rings is 1. The van der Waals surface area contributed by atoms with Gasteiger partial charge in [-0.2, -0.15) is 0 Å². The highest BCUT2D eigenvalue weighted by Gasteiger charge is 2.20. The molecule has 2 amide bonds. The summed E-state index contributed by atoms with van der Waals surface area (Å²) in [5.74, 6) is 0. The van der Waals surface area contributed by atoms with Gasteiger partial charge in [0.15, 0.2) is 0 Å². The molecule has 0 bridgehead atoms. The van der Waals surface area contributed by atoms with Crippen LogP contribution in [0.2, 0.25) is 5.02 Å². The highest BCUT2D eigenvalue weighted by molar-refractivity contribution is 6.30. The van der Waals surface area contributed by atoms with E-state index in [9.17, 15) is 4.79 Å². The normalized spacial score (nSPS) is 16.0. The summed E-state index contributed by atoms with van der Waals surface area (Å²) in [6, 6.07) is 7.67. The van der Waals surface area contributed by atoms with Gasteiger partial charge >= 0.3 is 6.03 Å². The molecule has 5 nitrogen and oxygen atoms in total. The zero-order valence-electron chi connectivity index (χ0n) is 12.1. The van der Waals surface area contributed by atoms with E-state index in [1.807, 2.05) is 29.2 Å². The molecule has 1 aromatic carbocycles. The molecule has 0 saturated carbocycles. The van der Waals surface area contributed by atoms with Crippen molar-refractivity contribution in [2.24, 2.45) is 0 Å². The number of carbonyl (C=O) groups excluding carboxylic acids is 1. The molecule has 0 aliphatic carbocycles. The molecule has 0 radical (unpaired) electrons. The fraction of sp³-hybridized carbons (Fsp3) is 0.533. The lowest BCUT2D eigenvalue weighted by Crippen LogP contribution is -2.52. The van der Waals surface area contributed by atoms with Crippen LogP contribution in [-0.4, -0.2) is 66.8 Å². The zero-order valence-corrected chi connectivity index (χ0v) is 12.9. The van der Waals surface area contributed by atoms with Crippen LogP contribution in [0.3, 0.4) is 0 Å². The molecule has 1 aromatic rings. The summed E-state index contributed by atoms with van der Waals surface area (Å²) >= 11 is 5.93. The predicted octanol–water partition coefficient (Wildman–Crippen LogP) is 1.20. The summed E-state index contributed by atoms with van der Waals surface area (Å²) < 4.78 is 0. The molecule has 0 aromatic heterocycles. The van der Waals surface area contributed by atoms with Crippen LogP contribution < -0.4 is 5.32 Å². The van der Waals surface area contributed by atoms with Crippen molar-refractivity contribution in [1.29, 1.82) is 0 Å². The Labute approximate surface area is 130 Å². The van der Waals surface area contributed by atoms with Gasteiger partial charge in [0.05, 0.1) is 6.61 Å². The topological polar surface area (TPSA) is 55.8 Å². The number of aliphatic hydroxyl groups excluding tert-OH is 1. The van der Waals surface area contributed by atoms with Gasteiger partial charge in [-0.05, 0) is 24.1 Å². The lowest BCUT2D eigenvalue weighted by Gasteiger charge is -2.34. The Morgan fingerprint density at radius 1 is 1.29 bits per heavy atom. The monoisotopic (exact) mass is 311 g/mol. The summed E-state index contributed by atoms with van der Waals surface area (Å²) in [6.45, 7) is 4.53. The van der Waals surface area contributed by atoms with Gasteiger partial charge in [-0.15, -0.1) is 0 Å². The van der Waals surface area contributed by atoms with Gasteiger partial charge in [0.2, 0.25) is 0 Å². The number of hydrogen-bond acceptors (Lipinski definition) is 3. The predicted molar refractivity (Wildman–Crippen MR) is 83.7 cm³/mol. The van der Waals surface area contributed by atoms with E-state index in [1.54, 1.807) is 0 Å². The Morgan fingerprint density at radius 2 is 2.05 bits per heavy atom. The van der Waals surface area contributed by atoms with Crippen LogP contribution >= 0.6 is 11.6 Å². The van der Waals surface area contributed by atoms with Gasteiger partial charge in [-0.1, -0.05) is 23.7 Å². The fourth-order valence-corrected chi connectivity index (χ4v) is 2.65. The van der Waals surface area contributed by atoms with Crippen LogP contribution in [0, 0.1) is 0 Å². The first-order valence-corrected chi connectivity index (χ1v) is 7.67. The maximum absolute atomic E-state index is 12.0. The second kappa shape index (κ2) is 8.22. The Hall–Kier alpha value is -1.30. The smallest absolute Gasteiger partial charge is 0.317 e. The zero-order chi connectivity index (χ0) is 15.1. The number of hydrogen-bond donors (Lipinski definition) is 2. The first-order chi connectivity index (χ1) is 10.2. The molecular formula is C15H22ClN3O2. The summed E-state index contributed by atoms with van der Waals surface area (Å²) in [5.41, 5.74) is 1.12. The maximum Gasteiger partial charge on any atom is 0.317 e. The maximum atomic E-state index is 12.0. The number of nitrogens with zero attached hydrogens (tertiary/aromatic N) is 2. The average Bonchev–Trinajstić information content (AvgIpc) is 2.48. The van der Waals surface area contributed by atoms with E-state index in [4.69, 9.17) is 16.7 Å². The van der Waals surface area contributed by atoms with Crippen LogP contribution in [0.4, 0.5) is 4.79 Å². The number of β-amino-alcohol motifs (C(OH)–C–C–N with tert-alkyl or cyclic N) is 1. The number of benzene rings is 1. The van der Waals surface area contributed by atoms with Crippen molar-refractivity contribution in [3.63, 3.8) is 0 Å². The number of halogens is 1. The van der Waals surface area contributed by atoms with Gasteiger partial charge in [-0.3, -0.25) is 4.90 Å². The van der Waals surface area contributed by atoms with E-state index < -0.39 is 0 Å². The summed E-state index contributed by atoms with van der Waals surface area (Å²) in [4.78, 5) is 16.0. The minimum atomic E-state index is -0.0133. The number of rotatable bonds is 5. The number of urea groups is 1.